The first-order valence-corrected chi connectivity index (χ1v) is 15.3. The quantitative estimate of drug-likeness (QED) is 0.338. The van der Waals surface area contributed by atoms with Crippen LogP contribution in [-0.2, 0) is 13.1 Å². The van der Waals surface area contributed by atoms with Crippen molar-refractivity contribution in [1.82, 2.24) is 29.0 Å². The van der Waals surface area contributed by atoms with Crippen molar-refractivity contribution in [3.05, 3.63) is 54.1 Å². The number of benzene rings is 1. The van der Waals surface area contributed by atoms with Crippen molar-refractivity contribution in [3.63, 3.8) is 0 Å². The highest BCUT2D eigenvalue weighted by atomic mass is 16.5. The molecule has 4 fully saturated rings. The minimum atomic E-state index is 0.00674. The highest BCUT2D eigenvalue weighted by Crippen LogP contribution is 2.40. The Morgan fingerprint density at radius 1 is 1.09 bits per heavy atom. The second-order valence-corrected chi connectivity index (χ2v) is 12.6. The summed E-state index contributed by atoms with van der Waals surface area (Å²) in [5.41, 5.74) is 9.77. The lowest BCUT2D eigenvalue weighted by molar-refractivity contribution is 0.0700. The molecule has 8 rings (SSSR count). The zero-order valence-electron chi connectivity index (χ0n) is 24.3. The number of carbonyl (C=O) groups excluding carboxylic acids is 1. The molecule has 220 valence electrons. The standard InChI is InChI=1S/C32H35N9O2/c1-43-26-12-22(32(42)40-18-21-6-7-24(40)29(21)34)11-23-30(26)41(31(36-23)25-3-2-10-38(25)14-19-4-5-19)17-20-15-39(16-20)28-8-9-35-27(13-33)37-28/h2-3,8-12,19-21,24,29H,4-7,14-18,34H2,1H3/t21-,24-,29-/m1/s1. The van der Waals surface area contributed by atoms with Crippen LogP contribution in [0.3, 0.4) is 0 Å². The van der Waals surface area contributed by atoms with Crippen molar-refractivity contribution in [2.24, 2.45) is 23.5 Å². The van der Waals surface area contributed by atoms with Gasteiger partial charge in [-0.3, -0.25) is 4.79 Å². The number of carbonyl (C=O) groups is 1. The fourth-order valence-corrected chi connectivity index (χ4v) is 7.39. The van der Waals surface area contributed by atoms with Crippen molar-refractivity contribution in [1.29, 1.82) is 5.26 Å². The van der Waals surface area contributed by atoms with Crippen LogP contribution >= 0.6 is 0 Å². The molecule has 2 saturated heterocycles. The third kappa shape index (κ3) is 4.43. The lowest BCUT2D eigenvalue weighted by Crippen LogP contribution is -2.49. The van der Waals surface area contributed by atoms with Gasteiger partial charge in [-0.15, -0.1) is 0 Å². The average molecular weight is 578 g/mol. The largest absolute Gasteiger partial charge is 0.494 e. The Hall–Kier alpha value is -4.43. The van der Waals surface area contributed by atoms with Crippen LogP contribution in [0, 0.1) is 29.1 Å². The molecule has 0 radical (unpaired) electrons. The number of rotatable bonds is 8. The molecule has 2 aliphatic heterocycles. The molecule has 11 nitrogen and oxygen atoms in total. The molecule has 2 saturated carbocycles. The first-order chi connectivity index (χ1) is 21.0. The normalized spacial score (nSPS) is 23.1. The zero-order chi connectivity index (χ0) is 29.2. The Bertz CT molecular complexity index is 1760. The molecule has 43 heavy (non-hydrogen) atoms. The van der Waals surface area contributed by atoms with Crippen molar-refractivity contribution in [3.8, 4) is 23.3 Å². The van der Waals surface area contributed by atoms with Crippen LogP contribution < -0.4 is 15.4 Å². The summed E-state index contributed by atoms with van der Waals surface area (Å²) >= 11 is 0. The molecule has 4 aliphatic rings. The van der Waals surface area contributed by atoms with Crippen molar-refractivity contribution in [2.75, 3.05) is 31.6 Å². The van der Waals surface area contributed by atoms with Gasteiger partial charge in [-0.1, -0.05) is 0 Å². The van der Waals surface area contributed by atoms with Gasteiger partial charge in [0.15, 0.2) is 5.82 Å². The minimum Gasteiger partial charge on any atom is -0.494 e. The van der Waals surface area contributed by atoms with Gasteiger partial charge in [-0.25, -0.2) is 15.0 Å². The van der Waals surface area contributed by atoms with Crippen LogP contribution in [0.4, 0.5) is 5.82 Å². The molecule has 1 amide bonds. The molecule has 2 N–H and O–H groups in total. The second-order valence-electron chi connectivity index (χ2n) is 12.6. The number of amides is 1. The van der Waals surface area contributed by atoms with Crippen LogP contribution in [-0.4, -0.2) is 73.7 Å². The number of aromatic nitrogens is 5. The highest BCUT2D eigenvalue weighted by molar-refractivity contribution is 6.00. The SMILES string of the molecule is COc1cc(C(=O)N2C[C@H]3CC[C@@H]2[C@@H]3N)cc2nc(-c3cccn3CC3CC3)n(CC3CN(c4ccnc(C#N)n4)C3)c12. The van der Waals surface area contributed by atoms with Gasteiger partial charge >= 0.3 is 0 Å². The summed E-state index contributed by atoms with van der Waals surface area (Å²) in [4.78, 5) is 31.5. The van der Waals surface area contributed by atoms with Gasteiger partial charge < -0.3 is 29.4 Å². The summed E-state index contributed by atoms with van der Waals surface area (Å²) in [6.07, 6.45) is 8.38. The Balaban J connectivity index is 1.15. The van der Waals surface area contributed by atoms with E-state index in [1.807, 2.05) is 29.2 Å². The third-order valence-electron chi connectivity index (χ3n) is 9.86. The Morgan fingerprint density at radius 3 is 2.67 bits per heavy atom. The van der Waals surface area contributed by atoms with E-state index >= 15 is 0 Å². The van der Waals surface area contributed by atoms with Gasteiger partial charge in [0.25, 0.3) is 5.91 Å². The number of fused-ring (bicyclic) bond motifs is 3. The summed E-state index contributed by atoms with van der Waals surface area (Å²) in [5, 5.41) is 9.22. The van der Waals surface area contributed by atoms with Crippen LogP contribution in [0.2, 0.25) is 0 Å². The van der Waals surface area contributed by atoms with E-state index < -0.39 is 0 Å². The molecule has 1 aromatic carbocycles. The molecule has 2 aliphatic carbocycles. The van der Waals surface area contributed by atoms with Gasteiger partial charge in [0.05, 0.1) is 18.3 Å². The topological polar surface area (TPSA) is 131 Å². The minimum absolute atomic E-state index is 0.00674. The van der Waals surface area contributed by atoms with Crippen molar-refractivity contribution >= 4 is 22.8 Å². The van der Waals surface area contributed by atoms with Crippen LogP contribution in [0.15, 0.2) is 42.7 Å². The summed E-state index contributed by atoms with van der Waals surface area (Å²) in [7, 11) is 1.66. The van der Waals surface area contributed by atoms with E-state index in [0.717, 1.165) is 79.9 Å². The van der Waals surface area contributed by atoms with Gasteiger partial charge in [0.2, 0.25) is 5.82 Å². The summed E-state index contributed by atoms with van der Waals surface area (Å²) in [6.45, 7) is 4.05. The van der Waals surface area contributed by atoms with E-state index in [-0.39, 0.29) is 23.8 Å². The molecule has 11 heteroatoms. The molecule has 0 spiro atoms. The number of piperidine rings is 1. The Morgan fingerprint density at radius 2 is 1.95 bits per heavy atom. The number of nitrogens with zero attached hydrogens (tertiary/aromatic N) is 8. The Kier molecular flexibility index (Phi) is 6.15. The fraction of sp³-hybridized carbons (Fsp3) is 0.469. The van der Waals surface area contributed by atoms with Crippen LogP contribution in [0.1, 0.15) is 41.9 Å². The molecule has 3 aromatic heterocycles. The molecular formula is C32H35N9O2. The zero-order valence-corrected chi connectivity index (χ0v) is 24.3. The maximum absolute atomic E-state index is 13.8. The van der Waals surface area contributed by atoms with Crippen LogP contribution in [0.5, 0.6) is 5.75 Å². The van der Waals surface area contributed by atoms with Crippen LogP contribution in [0.25, 0.3) is 22.6 Å². The van der Waals surface area contributed by atoms with E-state index in [2.05, 4.69) is 42.3 Å². The number of hydrogen-bond acceptors (Lipinski definition) is 8. The smallest absolute Gasteiger partial charge is 0.254 e. The van der Waals surface area contributed by atoms with E-state index in [0.29, 0.717) is 23.1 Å². The molecule has 4 aromatic rings. The predicted molar refractivity (Wildman–Crippen MR) is 160 cm³/mol. The number of likely N-dealkylation sites (tertiary alicyclic amines) is 1. The molecule has 0 unspecified atom stereocenters. The maximum Gasteiger partial charge on any atom is 0.254 e. The lowest BCUT2D eigenvalue weighted by Gasteiger charge is -2.40. The van der Waals surface area contributed by atoms with Crippen molar-refractivity contribution in [2.45, 2.75) is 50.9 Å². The summed E-state index contributed by atoms with van der Waals surface area (Å²) in [6, 6.07) is 12.1. The van der Waals surface area contributed by atoms with Gasteiger partial charge in [-0.2, -0.15) is 5.26 Å². The number of nitrogens with two attached hydrogens (primary N) is 1. The fourth-order valence-electron chi connectivity index (χ4n) is 7.39. The summed E-state index contributed by atoms with van der Waals surface area (Å²) in [5.74, 6) is 3.95. The van der Waals surface area contributed by atoms with E-state index in [1.165, 1.54) is 12.8 Å². The van der Waals surface area contributed by atoms with E-state index in [4.69, 9.17) is 15.5 Å². The van der Waals surface area contributed by atoms with E-state index in [1.54, 1.807) is 13.3 Å². The lowest BCUT2D eigenvalue weighted by atomic mass is 9.99. The van der Waals surface area contributed by atoms with Gasteiger partial charge in [-0.05, 0) is 67.9 Å². The second kappa shape index (κ2) is 10.1. The monoisotopic (exact) mass is 577 g/mol. The molecule has 2 bridgehead atoms. The third-order valence-corrected chi connectivity index (χ3v) is 9.86. The maximum atomic E-state index is 13.8. The number of anilines is 1. The number of hydrogen-bond donors (Lipinski definition) is 1. The number of imidazole rings is 1. The summed E-state index contributed by atoms with van der Waals surface area (Å²) < 4.78 is 10.6. The number of methoxy groups -OCH3 is 1. The van der Waals surface area contributed by atoms with Gasteiger partial charge in [0.1, 0.15) is 23.2 Å². The Labute approximate surface area is 249 Å². The van der Waals surface area contributed by atoms with Gasteiger partial charge in [0, 0.05) is 68.7 Å². The highest BCUT2D eigenvalue weighted by Gasteiger charge is 2.47. The molecule has 5 heterocycles. The molecular weight excluding hydrogens is 542 g/mol. The number of nitriles is 1. The average Bonchev–Trinajstić information content (AvgIpc) is 3.28. The first kappa shape index (κ1) is 26.2. The van der Waals surface area contributed by atoms with E-state index in [9.17, 15) is 10.1 Å². The first-order valence-electron chi connectivity index (χ1n) is 15.3. The predicted octanol–water partition coefficient (Wildman–Crippen LogP) is 3.28. The number of ether oxygens (including phenoxy) is 1. The molecule has 3 atom stereocenters. The van der Waals surface area contributed by atoms with Crippen molar-refractivity contribution < 1.29 is 9.53 Å².